The second-order valence-corrected chi connectivity index (χ2v) is 4.75. The van der Waals surface area contributed by atoms with Gasteiger partial charge in [-0.1, -0.05) is 12.2 Å². The quantitative estimate of drug-likeness (QED) is 0.761. The van der Waals surface area contributed by atoms with Crippen LogP contribution in [0, 0.1) is 17.8 Å². The molecule has 0 saturated heterocycles. The molecule has 2 aliphatic carbocycles. The summed E-state index contributed by atoms with van der Waals surface area (Å²) >= 11 is 0. The van der Waals surface area contributed by atoms with E-state index < -0.39 is 0 Å². The van der Waals surface area contributed by atoms with Crippen molar-refractivity contribution in [2.24, 2.45) is 17.8 Å². The van der Waals surface area contributed by atoms with Crippen LogP contribution in [0.5, 0.6) is 0 Å². The Balaban J connectivity index is 1.45. The maximum Gasteiger partial charge on any atom is 0.117 e. The van der Waals surface area contributed by atoms with E-state index in [1.807, 2.05) is 12.1 Å². The van der Waals surface area contributed by atoms with Gasteiger partial charge in [-0.15, -0.1) is 0 Å². The topological polar surface area (TPSA) is 25.2 Å². The van der Waals surface area contributed by atoms with Crippen molar-refractivity contribution in [3.63, 3.8) is 0 Å². The van der Waals surface area contributed by atoms with E-state index >= 15 is 0 Å². The van der Waals surface area contributed by atoms with E-state index in [1.165, 1.54) is 12.8 Å². The van der Waals surface area contributed by atoms with E-state index in [0.29, 0.717) is 0 Å². The maximum atomic E-state index is 5.28. The molecule has 80 valence electrons. The van der Waals surface area contributed by atoms with E-state index in [0.717, 1.165) is 36.6 Å². The molecular weight excluding hydrogens is 186 g/mol. The molecule has 2 aliphatic rings. The van der Waals surface area contributed by atoms with Crippen LogP contribution in [0.25, 0.3) is 0 Å². The molecule has 0 aliphatic heterocycles. The third-order valence-electron chi connectivity index (χ3n) is 3.70. The summed E-state index contributed by atoms with van der Waals surface area (Å²) in [5.41, 5.74) is 0. The Hall–Kier alpha value is -1.02. The Bertz CT molecular complexity index is 341. The van der Waals surface area contributed by atoms with Gasteiger partial charge < -0.3 is 9.73 Å². The lowest BCUT2D eigenvalue weighted by atomic mass is 9.94. The van der Waals surface area contributed by atoms with Gasteiger partial charge in [0.15, 0.2) is 0 Å². The first-order valence-corrected chi connectivity index (χ1v) is 5.83. The summed E-state index contributed by atoms with van der Waals surface area (Å²) < 4.78 is 5.28. The van der Waals surface area contributed by atoms with E-state index in [2.05, 4.69) is 17.5 Å². The average Bonchev–Trinajstić information content (AvgIpc) is 2.93. The number of hydrogen-bond acceptors (Lipinski definition) is 2. The van der Waals surface area contributed by atoms with Gasteiger partial charge in [-0.3, -0.25) is 0 Å². The molecule has 2 heteroatoms. The van der Waals surface area contributed by atoms with Crippen LogP contribution in [-0.4, -0.2) is 6.54 Å². The van der Waals surface area contributed by atoms with Crippen molar-refractivity contribution < 1.29 is 4.42 Å². The second-order valence-electron chi connectivity index (χ2n) is 4.75. The van der Waals surface area contributed by atoms with Crippen LogP contribution in [0.4, 0.5) is 0 Å². The lowest BCUT2D eigenvalue weighted by molar-refractivity contribution is 0.397. The zero-order valence-corrected chi connectivity index (χ0v) is 8.86. The molecule has 0 spiro atoms. The monoisotopic (exact) mass is 203 g/mol. The smallest absolute Gasteiger partial charge is 0.117 e. The van der Waals surface area contributed by atoms with Gasteiger partial charge in [-0.25, -0.2) is 0 Å². The summed E-state index contributed by atoms with van der Waals surface area (Å²) in [7, 11) is 0. The van der Waals surface area contributed by atoms with Crippen molar-refractivity contribution in [1.82, 2.24) is 5.32 Å². The van der Waals surface area contributed by atoms with Crippen molar-refractivity contribution in [1.29, 1.82) is 0 Å². The van der Waals surface area contributed by atoms with Gasteiger partial charge in [-0.2, -0.15) is 0 Å². The molecule has 1 saturated carbocycles. The summed E-state index contributed by atoms with van der Waals surface area (Å²) in [5, 5.41) is 3.49. The predicted molar refractivity (Wildman–Crippen MR) is 59.3 cm³/mol. The molecule has 3 atom stereocenters. The maximum absolute atomic E-state index is 5.28. The van der Waals surface area contributed by atoms with Crippen LogP contribution in [0.15, 0.2) is 35.0 Å². The number of rotatable bonds is 4. The Kier molecular flexibility index (Phi) is 2.37. The van der Waals surface area contributed by atoms with Crippen molar-refractivity contribution in [3.8, 4) is 0 Å². The molecule has 1 aromatic rings. The highest BCUT2D eigenvalue weighted by molar-refractivity contribution is 5.10. The Labute approximate surface area is 90.4 Å². The summed E-state index contributed by atoms with van der Waals surface area (Å²) in [5.74, 6) is 3.62. The first-order chi connectivity index (χ1) is 7.42. The lowest BCUT2D eigenvalue weighted by Gasteiger charge is -2.17. The Morgan fingerprint density at radius 1 is 1.33 bits per heavy atom. The van der Waals surface area contributed by atoms with Gasteiger partial charge in [0.2, 0.25) is 0 Å². The molecule has 2 bridgehead atoms. The largest absolute Gasteiger partial charge is 0.468 e. The molecule has 2 nitrogen and oxygen atoms in total. The molecule has 1 N–H and O–H groups in total. The highest BCUT2D eigenvalue weighted by Crippen LogP contribution is 2.42. The van der Waals surface area contributed by atoms with Gasteiger partial charge >= 0.3 is 0 Å². The molecule has 0 amide bonds. The summed E-state index contributed by atoms with van der Waals surface area (Å²) in [6.45, 7) is 2.00. The molecule has 1 heterocycles. The molecule has 0 radical (unpaired) electrons. The van der Waals surface area contributed by atoms with Crippen molar-refractivity contribution in [3.05, 3.63) is 36.3 Å². The zero-order valence-electron chi connectivity index (χ0n) is 8.86. The first kappa shape index (κ1) is 9.22. The lowest BCUT2D eigenvalue weighted by Crippen LogP contribution is -2.24. The third-order valence-corrected chi connectivity index (χ3v) is 3.70. The molecule has 1 fully saturated rings. The standard InChI is InChI=1S/C13H17NO/c1-2-13(15-5-1)9-14-8-12-7-10-3-4-11(12)6-10/h1-5,10-12,14H,6-9H2/t10-,11+,12-/m1/s1. The molecule has 15 heavy (non-hydrogen) atoms. The van der Waals surface area contributed by atoms with Crippen LogP contribution in [0.1, 0.15) is 18.6 Å². The number of furan rings is 1. The van der Waals surface area contributed by atoms with E-state index in [9.17, 15) is 0 Å². The zero-order chi connectivity index (χ0) is 10.1. The van der Waals surface area contributed by atoms with Crippen LogP contribution in [0.2, 0.25) is 0 Å². The van der Waals surface area contributed by atoms with Gasteiger partial charge in [0, 0.05) is 0 Å². The third kappa shape index (κ3) is 1.86. The number of hydrogen-bond donors (Lipinski definition) is 1. The molecule has 1 aromatic heterocycles. The van der Waals surface area contributed by atoms with Crippen molar-refractivity contribution in [2.45, 2.75) is 19.4 Å². The summed E-state index contributed by atoms with van der Waals surface area (Å²) in [4.78, 5) is 0. The van der Waals surface area contributed by atoms with E-state index in [4.69, 9.17) is 4.42 Å². The predicted octanol–water partition coefficient (Wildman–Crippen LogP) is 2.58. The highest BCUT2D eigenvalue weighted by atomic mass is 16.3. The highest BCUT2D eigenvalue weighted by Gasteiger charge is 2.34. The minimum absolute atomic E-state index is 0.846. The second kappa shape index (κ2) is 3.86. The van der Waals surface area contributed by atoms with Gasteiger partial charge in [0.25, 0.3) is 0 Å². The first-order valence-electron chi connectivity index (χ1n) is 5.83. The fourth-order valence-corrected chi connectivity index (χ4v) is 2.92. The summed E-state index contributed by atoms with van der Waals surface area (Å²) in [6, 6.07) is 3.96. The molecule has 3 rings (SSSR count). The van der Waals surface area contributed by atoms with Gasteiger partial charge in [0.05, 0.1) is 12.8 Å². The summed E-state index contributed by atoms with van der Waals surface area (Å²) in [6.07, 6.45) is 9.32. The molecule has 0 unspecified atom stereocenters. The van der Waals surface area contributed by atoms with Crippen LogP contribution in [-0.2, 0) is 6.54 Å². The molecular formula is C13H17NO. The van der Waals surface area contributed by atoms with Crippen LogP contribution < -0.4 is 5.32 Å². The van der Waals surface area contributed by atoms with Crippen molar-refractivity contribution >= 4 is 0 Å². The SMILES string of the molecule is C1=C[C@H]2C[C@@H]1C[C@@H]2CNCc1ccco1. The van der Waals surface area contributed by atoms with Gasteiger partial charge in [0.1, 0.15) is 5.76 Å². The number of nitrogens with one attached hydrogen (secondary N) is 1. The van der Waals surface area contributed by atoms with E-state index in [1.54, 1.807) is 6.26 Å². The minimum atomic E-state index is 0.846. The fourth-order valence-electron chi connectivity index (χ4n) is 2.92. The Morgan fingerprint density at radius 3 is 3.00 bits per heavy atom. The fraction of sp³-hybridized carbons (Fsp3) is 0.538. The number of fused-ring (bicyclic) bond motifs is 2. The average molecular weight is 203 g/mol. The molecule has 0 aromatic carbocycles. The van der Waals surface area contributed by atoms with Crippen LogP contribution in [0.3, 0.4) is 0 Å². The van der Waals surface area contributed by atoms with Gasteiger partial charge in [-0.05, 0) is 49.3 Å². The van der Waals surface area contributed by atoms with Crippen LogP contribution >= 0.6 is 0 Å². The van der Waals surface area contributed by atoms with E-state index in [-0.39, 0.29) is 0 Å². The Morgan fingerprint density at radius 2 is 2.33 bits per heavy atom. The number of allylic oxidation sites excluding steroid dienone is 2. The normalized spacial score (nSPS) is 32.7. The minimum Gasteiger partial charge on any atom is -0.468 e. The van der Waals surface area contributed by atoms with Crippen molar-refractivity contribution in [2.75, 3.05) is 6.54 Å².